The van der Waals surface area contributed by atoms with Crippen molar-refractivity contribution < 1.29 is 0 Å². The molecule has 1 N–H and O–H groups in total. The molecule has 1 fully saturated rings. The molecule has 1 aromatic heterocycles. The van der Waals surface area contributed by atoms with Crippen LogP contribution in [-0.2, 0) is 6.54 Å². The molecule has 0 atom stereocenters. The van der Waals surface area contributed by atoms with Crippen LogP contribution < -0.4 is 15.9 Å². The molecule has 1 aliphatic rings. The van der Waals surface area contributed by atoms with Crippen molar-refractivity contribution in [3.05, 3.63) is 51.7 Å². The Bertz CT molecular complexity index is 664. The van der Waals surface area contributed by atoms with Gasteiger partial charge in [-0.3, -0.25) is 4.57 Å². The van der Waals surface area contributed by atoms with Crippen LogP contribution in [0.1, 0.15) is 5.56 Å². The van der Waals surface area contributed by atoms with Gasteiger partial charge in [0.25, 0.3) is 0 Å². The van der Waals surface area contributed by atoms with Gasteiger partial charge in [0, 0.05) is 31.2 Å². The van der Waals surface area contributed by atoms with Gasteiger partial charge in [-0.25, -0.2) is 9.78 Å². The minimum Gasteiger partial charge on any atom is -0.338 e. The lowest BCUT2D eigenvalue weighted by Crippen LogP contribution is -2.45. The van der Waals surface area contributed by atoms with E-state index in [2.05, 4.69) is 15.3 Å². The second kappa shape index (κ2) is 6.24. The summed E-state index contributed by atoms with van der Waals surface area (Å²) in [6.45, 7) is 3.85. The highest BCUT2D eigenvalue weighted by Crippen LogP contribution is 2.10. The van der Waals surface area contributed by atoms with Crippen molar-refractivity contribution in [2.24, 2.45) is 0 Å². The predicted octanol–water partition coefficient (Wildman–Crippen LogP) is 0.750. The van der Waals surface area contributed by atoms with E-state index in [1.54, 1.807) is 18.5 Å². The number of hydrogen-bond acceptors (Lipinski definition) is 5. The number of nitrogens with one attached hydrogen (secondary N) is 1. The Balaban J connectivity index is 1.77. The maximum absolute atomic E-state index is 12.1. The van der Waals surface area contributed by atoms with Crippen LogP contribution >= 0.6 is 11.6 Å². The van der Waals surface area contributed by atoms with Crippen molar-refractivity contribution in [3.63, 3.8) is 0 Å². The van der Waals surface area contributed by atoms with Crippen LogP contribution in [0.25, 0.3) is 0 Å². The monoisotopic (exact) mass is 305 g/mol. The molecule has 0 saturated carbocycles. The Hall–Kier alpha value is -1.92. The highest BCUT2D eigenvalue weighted by Gasteiger charge is 2.14. The zero-order valence-electron chi connectivity index (χ0n) is 11.5. The van der Waals surface area contributed by atoms with Gasteiger partial charge in [-0.05, 0) is 17.7 Å². The van der Waals surface area contributed by atoms with Crippen LogP contribution in [0.5, 0.6) is 0 Å². The van der Waals surface area contributed by atoms with E-state index in [1.807, 2.05) is 17.0 Å². The molecule has 3 rings (SSSR count). The van der Waals surface area contributed by atoms with Crippen LogP contribution in [0.2, 0.25) is 5.02 Å². The van der Waals surface area contributed by atoms with Crippen molar-refractivity contribution in [2.45, 2.75) is 6.54 Å². The average molecular weight is 306 g/mol. The zero-order chi connectivity index (χ0) is 14.7. The molecule has 0 spiro atoms. The third-order valence-corrected chi connectivity index (χ3v) is 3.67. The molecule has 0 bridgehead atoms. The number of aromatic nitrogens is 3. The quantitative estimate of drug-likeness (QED) is 0.906. The standard InChI is InChI=1S/C14H16ClN5O/c15-12-3-1-11(2-4-12)9-20-10-17-13(18-14(20)21)19-7-5-16-6-8-19/h1-4,10,16H,5-9H2. The summed E-state index contributed by atoms with van der Waals surface area (Å²) in [7, 11) is 0. The summed E-state index contributed by atoms with van der Waals surface area (Å²) in [5.74, 6) is 0.508. The molecule has 0 aliphatic carbocycles. The molecule has 0 unspecified atom stereocenters. The van der Waals surface area contributed by atoms with Gasteiger partial charge in [-0.15, -0.1) is 0 Å². The summed E-state index contributed by atoms with van der Waals surface area (Å²) >= 11 is 5.85. The van der Waals surface area contributed by atoms with Crippen molar-refractivity contribution in [1.29, 1.82) is 0 Å². The van der Waals surface area contributed by atoms with Crippen molar-refractivity contribution in [2.75, 3.05) is 31.1 Å². The molecule has 6 nitrogen and oxygen atoms in total. The molecule has 1 aliphatic heterocycles. The van der Waals surface area contributed by atoms with Crippen LogP contribution in [0, 0.1) is 0 Å². The van der Waals surface area contributed by atoms with E-state index in [0.29, 0.717) is 17.5 Å². The minimum absolute atomic E-state index is 0.284. The zero-order valence-corrected chi connectivity index (χ0v) is 12.3. The van der Waals surface area contributed by atoms with Gasteiger partial charge in [-0.1, -0.05) is 23.7 Å². The first-order chi connectivity index (χ1) is 10.2. The molecule has 2 aromatic rings. The van der Waals surface area contributed by atoms with Gasteiger partial charge in [0.1, 0.15) is 6.33 Å². The molecule has 0 radical (unpaired) electrons. The molecule has 21 heavy (non-hydrogen) atoms. The van der Waals surface area contributed by atoms with E-state index >= 15 is 0 Å². The maximum atomic E-state index is 12.1. The summed E-state index contributed by atoms with van der Waals surface area (Å²) in [4.78, 5) is 22.5. The molecule has 7 heteroatoms. The number of hydrogen-bond donors (Lipinski definition) is 1. The lowest BCUT2D eigenvalue weighted by Gasteiger charge is -2.27. The third kappa shape index (κ3) is 3.40. The number of rotatable bonds is 3. The fourth-order valence-corrected chi connectivity index (χ4v) is 2.39. The van der Waals surface area contributed by atoms with Crippen LogP contribution in [0.4, 0.5) is 5.95 Å². The predicted molar refractivity (Wildman–Crippen MR) is 81.9 cm³/mol. The molecule has 1 aromatic carbocycles. The van der Waals surface area contributed by atoms with E-state index in [4.69, 9.17) is 11.6 Å². The van der Waals surface area contributed by atoms with Gasteiger partial charge >= 0.3 is 5.69 Å². The Morgan fingerprint density at radius 3 is 2.57 bits per heavy atom. The summed E-state index contributed by atoms with van der Waals surface area (Å²) in [5.41, 5.74) is 0.702. The Labute approximate surface area is 127 Å². The first-order valence-corrected chi connectivity index (χ1v) is 7.24. The summed E-state index contributed by atoms with van der Waals surface area (Å²) in [5, 5.41) is 3.93. The summed E-state index contributed by atoms with van der Waals surface area (Å²) < 4.78 is 1.49. The second-order valence-electron chi connectivity index (χ2n) is 4.93. The van der Waals surface area contributed by atoms with Crippen molar-refractivity contribution in [1.82, 2.24) is 19.9 Å². The molecule has 2 heterocycles. The summed E-state index contributed by atoms with van der Waals surface area (Å²) in [6.07, 6.45) is 1.56. The van der Waals surface area contributed by atoms with Gasteiger partial charge in [-0.2, -0.15) is 4.98 Å². The Morgan fingerprint density at radius 2 is 1.90 bits per heavy atom. The number of piperazine rings is 1. The summed E-state index contributed by atoms with van der Waals surface area (Å²) in [6, 6.07) is 7.38. The van der Waals surface area contributed by atoms with Crippen molar-refractivity contribution in [3.8, 4) is 0 Å². The lowest BCUT2D eigenvalue weighted by molar-refractivity contribution is 0.572. The van der Waals surface area contributed by atoms with E-state index in [1.165, 1.54) is 4.57 Å². The Morgan fingerprint density at radius 1 is 1.19 bits per heavy atom. The lowest BCUT2D eigenvalue weighted by atomic mass is 10.2. The highest BCUT2D eigenvalue weighted by atomic mass is 35.5. The number of halogens is 1. The fourth-order valence-electron chi connectivity index (χ4n) is 2.26. The maximum Gasteiger partial charge on any atom is 0.352 e. The smallest absolute Gasteiger partial charge is 0.338 e. The molecular weight excluding hydrogens is 290 g/mol. The van der Waals surface area contributed by atoms with E-state index in [9.17, 15) is 4.79 Å². The van der Waals surface area contributed by atoms with E-state index in [-0.39, 0.29) is 5.69 Å². The molecule has 0 amide bonds. The molecule has 1 saturated heterocycles. The minimum atomic E-state index is -0.284. The van der Waals surface area contributed by atoms with E-state index in [0.717, 1.165) is 31.7 Å². The van der Waals surface area contributed by atoms with Gasteiger partial charge < -0.3 is 10.2 Å². The van der Waals surface area contributed by atoms with E-state index < -0.39 is 0 Å². The third-order valence-electron chi connectivity index (χ3n) is 3.42. The average Bonchev–Trinajstić information content (AvgIpc) is 2.52. The molecule has 110 valence electrons. The van der Waals surface area contributed by atoms with Gasteiger partial charge in [0.05, 0.1) is 6.54 Å². The SMILES string of the molecule is O=c1nc(N2CCNCC2)ncn1Cc1ccc(Cl)cc1. The van der Waals surface area contributed by atoms with Crippen molar-refractivity contribution >= 4 is 17.5 Å². The number of benzene rings is 1. The highest BCUT2D eigenvalue weighted by molar-refractivity contribution is 6.30. The van der Waals surface area contributed by atoms with Crippen LogP contribution in [0.3, 0.4) is 0 Å². The fraction of sp³-hybridized carbons (Fsp3) is 0.357. The largest absolute Gasteiger partial charge is 0.352 e. The van der Waals surface area contributed by atoms with Gasteiger partial charge in [0.15, 0.2) is 0 Å². The molecular formula is C14H16ClN5O. The topological polar surface area (TPSA) is 63.1 Å². The van der Waals surface area contributed by atoms with Crippen LogP contribution in [0.15, 0.2) is 35.4 Å². The first kappa shape index (κ1) is 14.0. The van der Waals surface area contributed by atoms with Gasteiger partial charge in [0.2, 0.25) is 5.95 Å². The Kier molecular flexibility index (Phi) is 4.17. The number of anilines is 1. The second-order valence-corrected chi connectivity index (χ2v) is 5.37. The van der Waals surface area contributed by atoms with Crippen LogP contribution in [-0.4, -0.2) is 40.7 Å². The normalized spacial score (nSPS) is 15.2. The number of nitrogens with zero attached hydrogens (tertiary/aromatic N) is 4. The first-order valence-electron chi connectivity index (χ1n) is 6.86.